The highest BCUT2D eigenvalue weighted by molar-refractivity contribution is 5.49. The van der Waals surface area contributed by atoms with Crippen molar-refractivity contribution in [1.29, 1.82) is 0 Å². The average molecular weight is 262 g/mol. The fourth-order valence-electron chi connectivity index (χ4n) is 2.73. The van der Waals surface area contributed by atoms with Crippen LogP contribution < -0.4 is 15.4 Å². The summed E-state index contributed by atoms with van der Waals surface area (Å²) in [6.45, 7) is 7.24. The molecule has 2 N–H and O–H groups in total. The topological polar surface area (TPSA) is 38.5 Å². The Labute approximate surface area is 116 Å². The highest BCUT2D eigenvalue weighted by atomic mass is 16.5. The Balaban J connectivity index is 2.00. The minimum Gasteiger partial charge on any atom is -0.494 e. The Morgan fingerprint density at radius 3 is 2.58 bits per heavy atom. The lowest BCUT2D eigenvalue weighted by molar-refractivity contribution is 0.317. The summed E-state index contributed by atoms with van der Waals surface area (Å²) in [6, 6.07) is 8.72. The summed E-state index contributed by atoms with van der Waals surface area (Å²) >= 11 is 0. The third kappa shape index (κ3) is 3.87. The molecule has 2 atom stereocenters. The second-order valence-corrected chi connectivity index (χ2v) is 5.52. The van der Waals surface area contributed by atoms with E-state index in [0.717, 1.165) is 44.2 Å². The van der Waals surface area contributed by atoms with Gasteiger partial charge in [0.2, 0.25) is 0 Å². The summed E-state index contributed by atoms with van der Waals surface area (Å²) in [7, 11) is 0. The van der Waals surface area contributed by atoms with Gasteiger partial charge in [0, 0.05) is 24.8 Å². The molecule has 0 saturated carbocycles. The molecule has 1 aromatic rings. The molecule has 2 unspecified atom stereocenters. The highest BCUT2D eigenvalue weighted by Gasteiger charge is 2.23. The Hall–Kier alpha value is -1.22. The molecule has 1 aliphatic rings. The lowest BCUT2D eigenvalue weighted by atomic mass is 9.92. The van der Waals surface area contributed by atoms with Gasteiger partial charge >= 0.3 is 0 Å². The molecule has 106 valence electrons. The lowest BCUT2D eigenvalue weighted by Crippen LogP contribution is -2.47. The fraction of sp³-hybridized carbons (Fsp3) is 0.625. The Kier molecular flexibility index (Phi) is 5.08. The van der Waals surface area contributed by atoms with E-state index < -0.39 is 0 Å². The lowest BCUT2D eigenvalue weighted by Gasteiger charge is -2.37. The summed E-state index contributed by atoms with van der Waals surface area (Å²) in [6.07, 6.45) is 3.41. The number of piperidine rings is 1. The van der Waals surface area contributed by atoms with Gasteiger partial charge < -0.3 is 15.4 Å². The van der Waals surface area contributed by atoms with Gasteiger partial charge in [-0.25, -0.2) is 0 Å². The fourth-order valence-corrected chi connectivity index (χ4v) is 2.73. The Morgan fingerprint density at radius 2 is 1.95 bits per heavy atom. The van der Waals surface area contributed by atoms with Crippen LogP contribution in [0.4, 0.5) is 5.69 Å². The first-order valence-electron chi connectivity index (χ1n) is 7.46. The second-order valence-electron chi connectivity index (χ2n) is 5.52. The van der Waals surface area contributed by atoms with Crippen molar-refractivity contribution in [1.82, 2.24) is 0 Å². The van der Waals surface area contributed by atoms with Gasteiger partial charge in [-0.1, -0.05) is 20.3 Å². The third-order valence-electron chi connectivity index (χ3n) is 3.82. The number of hydrogen-bond donors (Lipinski definition) is 1. The summed E-state index contributed by atoms with van der Waals surface area (Å²) in [5.41, 5.74) is 7.42. The zero-order valence-corrected chi connectivity index (χ0v) is 12.1. The van der Waals surface area contributed by atoms with E-state index in [1.807, 2.05) is 0 Å². The zero-order valence-electron chi connectivity index (χ0n) is 12.1. The maximum atomic E-state index is 6.16. The van der Waals surface area contributed by atoms with E-state index in [1.54, 1.807) is 0 Å². The first kappa shape index (κ1) is 14.2. The molecule has 0 amide bonds. The third-order valence-corrected chi connectivity index (χ3v) is 3.82. The van der Waals surface area contributed by atoms with Gasteiger partial charge in [-0.3, -0.25) is 0 Å². The summed E-state index contributed by atoms with van der Waals surface area (Å²) in [5.74, 6) is 1.68. The van der Waals surface area contributed by atoms with Crippen molar-refractivity contribution in [3.8, 4) is 5.75 Å². The maximum Gasteiger partial charge on any atom is 0.119 e. The van der Waals surface area contributed by atoms with Gasteiger partial charge in [-0.2, -0.15) is 0 Å². The molecule has 0 aliphatic carbocycles. The zero-order chi connectivity index (χ0) is 13.7. The molecule has 3 nitrogen and oxygen atoms in total. The van der Waals surface area contributed by atoms with Gasteiger partial charge in [0.15, 0.2) is 0 Å². The van der Waals surface area contributed by atoms with Crippen LogP contribution in [0.25, 0.3) is 0 Å². The van der Waals surface area contributed by atoms with Gasteiger partial charge in [-0.05, 0) is 43.0 Å². The second kappa shape index (κ2) is 6.80. The number of benzene rings is 1. The molecule has 0 spiro atoms. The molecule has 0 bridgehead atoms. The predicted molar refractivity (Wildman–Crippen MR) is 80.8 cm³/mol. The molecule has 0 aromatic heterocycles. The molecule has 1 saturated heterocycles. The predicted octanol–water partition coefficient (Wildman–Crippen LogP) is 3.04. The van der Waals surface area contributed by atoms with Gasteiger partial charge in [0.05, 0.1) is 6.61 Å². The van der Waals surface area contributed by atoms with Crippen LogP contribution in [0.2, 0.25) is 0 Å². The number of hydrogen-bond acceptors (Lipinski definition) is 3. The molecule has 2 rings (SSSR count). The van der Waals surface area contributed by atoms with Crippen LogP contribution in [0.5, 0.6) is 5.75 Å². The molecule has 1 fully saturated rings. The van der Waals surface area contributed by atoms with E-state index in [1.165, 1.54) is 12.1 Å². The van der Waals surface area contributed by atoms with Gasteiger partial charge in [0.25, 0.3) is 0 Å². The van der Waals surface area contributed by atoms with Crippen molar-refractivity contribution in [2.45, 2.75) is 39.2 Å². The van der Waals surface area contributed by atoms with E-state index in [2.05, 4.69) is 43.0 Å². The van der Waals surface area contributed by atoms with Crippen LogP contribution in [-0.4, -0.2) is 25.7 Å². The van der Waals surface area contributed by atoms with Crippen LogP contribution in [0.1, 0.15) is 33.1 Å². The van der Waals surface area contributed by atoms with Gasteiger partial charge in [-0.15, -0.1) is 0 Å². The molecule has 19 heavy (non-hydrogen) atoms. The Morgan fingerprint density at radius 1 is 1.21 bits per heavy atom. The minimum atomic E-state index is 0.301. The monoisotopic (exact) mass is 262 g/mol. The van der Waals surface area contributed by atoms with Crippen LogP contribution in [0.15, 0.2) is 24.3 Å². The molecular formula is C16H26N2O. The van der Waals surface area contributed by atoms with Crippen LogP contribution in [-0.2, 0) is 0 Å². The van der Waals surface area contributed by atoms with Gasteiger partial charge in [0.1, 0.15) is 5.75 Å². The number of nitrogens with two attached hydrogens (primary N) is 1. The van der Waals surface area contributed by atoms with Crippen LogP contribution in [0, 0.1) is 5.92 Å². The van der Waals surface area contributed by atoms with Crippen LogP contribution in [0.3, 0.4) is 0 Å². The standard InChI is InChI=1S/C16H26N2O/c1-3-9-19-16-7-5-15(6-8-16)18-11-13(4-2)10-14(17)12-18/h5-8,13-14H,3-4,9-12,17H2,1-2H3. The van der Waals surface area contributed by atoms with E-state index >= 15 is 0 Å². The smallest absolute Gasteiger partial charge is 0.119 e. The van der Waals surface area contributed by atoms with E-state index in [-0.39, 0.29) is 0 Å². The quantitative estimate of drug-likeness (QED) is 0.886. The first-order chi connectivity index (χ1) is 9.22. The summed E-state index contributed by atoms with van der Waals surface area (Å²) in [4.78, 5) is 2.41. The van der Waals surface area contributed by atoms with Crippen molar-refractivity contribution in [3.63, 3.8) is 0 Å². The number of ether oxygens (including phenoxy) is 1. The molecule has 3 heteroatoms. The molecule has 1 heterocycles. The minimum absolute atomic E-state index is 0.301. The normalized spacial score (nSPS) is 23.4. The van der Waals surface area contributed by atoms with Crippen molar-refractivity contribution >= 4 is 5.69 Å². The van der Waals surface area contributed by atoms with Crippen molar-refractivity contribution in [2.75, 3.05) is 24.6 Å². The maximum absolute atomic E-state index is 6.16. The average Bonchev–Trinajstić information content (AvgIpc) is 2.45. The summed E-state index contributed by atoms with van der Waals surface area (Å²) < 4.78 is 5.62. The van der Waals surface area contributed by atoms with Crippen molar-refractivity contribution in [2.24, 2.45) is 11.7 Å². The van der Waals surface area contributed by atoms with E-state index in [4.69, 9.17) is 10.5 Å². The summed E-state index contributed by atoms with van der Waals surface area (Å²) in [5, 5.41) is 0. The molecule has 1 aliphatic heterocycles. The highest BCUT2D eigenvalue weighted by Crippen LogP contribution is 2.26. The molecular weight excluding hydrogens is 236 g/mol. The molecule has 0 radical (unpaired) electrons. The largest absolute Gasteiger partial charge is 0.494 e. The Bertz CT molecular complexity index is 377. The molecule has 1 aromatic carbocycles. The van der Waals surface area contributed by atoms with Crippen LogP contribution >= 0.6 is 0 Å². The van der Waals surface area contributed by atoms with Crippen molar-refractivity contribution in [3.05, 3.63) is 24.3 Å². The van der Waals surface area contributed by atoms with Crippen molar-refractivity contribution < 1.29 is 4.74 Å². The SMILES string of the molecule is CCCOc1ccc(N2CC(N)CC(CC)C2)cc1. The number of rotatable bonds is 5. The number of anilines is 1. The first-order valence-corrected chi connectivity index (χ1v) is 7.46. The number of nitrogens with zero attached hydrogens (tertiary/aromatic N) is 1. The van der Waals surface area contributed by atoms with E-state index in [9.17, 15) is 0 Å². The van der Waals surface area contributed by atoms with E-state index in [0.29, 0.717) is 6.04 Å².